The molecule has 32 heavy (non-hydrogen) atoms. The van der Waals surface area contributed by atoms with Gasteiger partial charge in [0.05, 0.1) is 11.2 Å². The molecule has 3 aromatic carbocycles. The highest BCUT2D eigenvalue weighted by atomic mass is 16.5. The number of amides is 1. The number of ether oxygens (including phenoxy) is 2. The number of nitrogens with one attached hydrogen (secondary N) is 2. The van der Waals surface area contributed by atoms with Crippen molar-refractivity contribution in [1.29, 1.82) is 0 Å². The first-order valence-electron chi connectivity index (χ1n) is 10.7. The molecule has 1 saturated heterocycles. The fourth-order valence-electron chi connectivity index (χ4n) is 3.73. The molecular formula is C26H23N3O3. The van der Waals surface area contributed by atoms with Crippen LogP contribution in [0.3, 0.4) is 0 Å². The summed E-state index contributed by atoms with van der Waals surface area (Å²) in [5.74, 6) is 1.20. The number of rotatable bonds is 6. The molecule has 1 amide bonds. The summed E-state index contributed by atoms with van der Waals surface area (Å²) in [5.41, 5.74) is 3.56. The van der Waals surface area contributed by atoms with Crippen LogP contribution in [0.5, 0.6) is 11.5 Å². The van der Waals surface area contributed by atoms with Gasteiger partial charge in [-0.3, -0.25) is 9.89 Å². The molecule has 1 aliphatic heterocycles. The SMILES string of the molecule is O=C(Nc1cccc(Oc2ccc3c(/C=C/c4ccccc4)n[nH]c3c2)c1)C1CCCO1. The van der Waals surface area contributed by atoms with Gasteiger partial charge in [-0.25, -0.2) is 0 Å². The normalized spacial score (nSPS) is 15.9. The number of carbonyl (C=O) groups excluding carboxylic acids is 1. The third kappa shape index (κ3) is 4.55. The van der Waals surface area contributed by atoms with E-state index in [2.05, 4.69) is 27.6 Å². The first-order chi connectivity index (χ1) is 15.7. The molecule has 2 heterocycles. The van der Waals surface area contributed by atoms with Gasteiger partial charge < -0.3 is 14.8 Å². The molecule has 0 saturated carbocycles. The number of aromatic amines is 1. The van der Waals surface area contributed by atoms with Gasteiger partial charge in [0, 0.05) is 29.8 Å². The van der Waals surface area contributed by atoms with E-state index in [1.54, 1.807) is 6.07 Å². The Hall–Kier alpha value is -3.90. The molecule has 1 atom stereocenters. The number of hydrogen-bond acceptors (Lipinski definition) is 4. The van der Waals surface area contributed by atoms with Crippen LogP contribution in [-0.4, -0.2) is 28.8 Å². The lowest BCUT2D eigenvalue weighted by Gasteiger charge is -2.12. The summed E-state index contributed by atoms with van der Waals surface area (Å²) in [4.78, 5) is 12.3. The minimum absolute atomic E-state index is 0.116. The lowest BCUT2D eigenvalue weighted by molar-refractivity contribution is -0.124. The van der Waals surface area contributed by atoms with Crippen molar-refractivity contribution in [1.82, 2.24) is 10.2 Å². The summed E-state index contributed by atoms with van der Waals surface area (Å²) in [5, 5.41) is 11.4. The highest BCUT2D eigenvalue weighted by molar-refractivity contribution is 5.94. The first kappa shape index (κ1) is 20.0. The van der Waals surface area contributed by atoms with E-state index in [4.69, 9.17) is 9.47 Å². The summed E-state index contributed by atoms with van der Waals surface area (Å²) in [7, 11) is 0. The van der Waals surface area contributed by atoms with Crippen molar-refractivity contribution in [3.63, 3.8) is 0 Å². The number of carbonyl (C=O) groups is 1. The highest BCUT2D eigenvalue weighted by Gasteiger charge is 2.23. The van der Waals surface area contributed by atoms with Crippen molar-refractivity contribution in [3.8, 4) is 11.5 Å². The average molecular weight is 425 g/mol. The largest absolute Gasteiger partial charge is 0.457 e. The zero-order valence-electron chi connectivity index (χ0n) is 17.5. The maximum atomic E-state index is 12.3. The van der Waals surface area contributed by atoms with E-state index in [9.17, 15) is 4.79 Å². The highest BCUT2D eigenvalue weighted by Crippen LogP contribution is 2.28. The van der Waals surface area contributed by atoms with E-state index in [0.29, 0.717) is 23.8 Å². The number of fused-ring (bicyclic) bond motifs is 1. The summed E-state index contributed by atoms with van der Waals surface area (Å²) < 4.78 is 11.5. The van der Waals surface area contributed by atoms with Gasteiger partial charge in [-0.2, -0.15) is 5.10 Å². The summed E-state index contributed by atoms with van der Waals surface area (Å²) in [6, 6.07) is 23.3. The second-order valence-electron chi connectivity index (χ2n) is 7.68. The number of H-pyrrole nitrogens is 1. The molecule has 0 spiro atoms. The monoisotopic (exact) mass is 425 g/mol. The number of benzene rings is 3. The maximum absolute atomic E-state index is 12.3. The number of nitrogens with zero attached hydrogens (tertiary/aromatic N) is 1. The van der Waals surface area contributed by atoms with Crippen LogP contribution in [0.25, 0.3) is 23.1 Å². The second-order valence-corrected chi connectivity index (χ2v) is 7.68. The Labute approximate surface area is 185 Å². The topological polar surface area (TPSA) is 76.2 Å². The number of anilines is 1. The average Bonchev–Trinajstić information content (AvgIpc) is 3.49. The Morgan fingerprint density at radius 2 is 1.91 bits per heavy atom. The van der Waals surface area contributed by atoms with Gasteiger partial charge in [0.15, 0.2) is 0 Å². The Morgan fingerprint density at radius 1 is 1.03 bits per heavy atom. The summed E-state index contributed by atoms with van der Waals surface area (Å²) >= 11 is 0. The van der Waals surface area contributed by atoms with Crippen LogP contribution in [0.1, 0.15) is 24.1 Å². The van der Waals surface area contributed by atoms with Gasteiger partial charge >= 0.3 is 0 Å². The fourth-order valence-corrected chi connectivity index (χ4v) is 3.73. The Morgan fingerprint density at radius 3 is 2.75 bits per heavy atom. The number of aromatic nitrogens is 2. The Bertz CT molecular complexity index is 1260. The van der Waals surface area contributed by atoms with Crippen LogP contribution in [-0.2, 0) is 9.53 Å². The molecule has 0 radical (unpaired) electrons. The van der Waals surface area contributed by atoms with Gasteiger partial charge in [0.2, 0.25) is 0 Å². The molecule has 6 heteroatoms. The third-order valence-electron chi connectivity index (χ3n) is 5.36. The van der Waals surface area contributed by atoms with Crippen LogP contribution in [0.15, 0.2) is 72.8 Å². The lowest BCUT2D eigenvalue weighted by Crippen LogP contribution is -2.26. The lowest BCUT2D eigenvalue weighted by atomic mass is 10.1. The van der Waals surface area contributed by atoms with Crippen molar-refractivity contribution in [3.05, 3.63) is 84.1 Å². The minimum Gasteiger partial charge on any atom is -0.457 e. The van der Waals surface area contributed by atoms with Gasteiger partial charge in [-0.15, -0.1) is 0 Å². The van der Waals surface area contributed by atoms with E-state index in [-0.39, 0.29) is 12.0 Å². The van der Waals surface area contributed by atoms with Crippen molar-refractivity contribution < 1.29 is 14.3 Å². The predicted octanol–water partition coefficient (Wildman–Crippen LogP) is 5.64. The second kappa shape index (κ2) is 9.08. The molecule has 1 unspecified atom stereocenters. The zero-order valence-corrected chi connectivity index (χ0v) is 17.5. The fraction of sp³-hybridized carbons (Fsp3) is 0.154. The molecule has 1 aromatic heterocycles. The van der Waals surface area contributed by atoms with Gasteiger partial charge in [0.1, 0.15) is 17.6 Å². The van der Waals surface area contributed by atoms with Gasteiger partial charge in [0.25, 0.3) is 5.91 Å². The van der Waals surface area contributed by atoms with Crippen LogP contribution in [0.2, 0.25) is 0 Å². The molecule has 0 aliphatic carbocycles. The Kier molecular flexibility index (Phi) is 5.68. The van der Waals surface area contributed by atoms with E-state index in [1.807, 2.05) is 66.7 Å². The molecule has 6 nitrogen and oxygen atoms in total. The summed E-state index contributed by atoms with van der Waals surface area (Å²) in [6.45, 7) is 0.640. The number of hydrogen-bond donors (Lipinski definition) is 2. The maximum Gasteiger partial charge on any atom is 0.253 e. The molecule has 0 bridgehead atoms. The standard InChI is InChI=1S/C26H23N3O3/c30-26(25-10-5-15-31-25)27-19-8-4-9-20(16-19)32-21-12-13-22-23(28-29-24(22)17-21)14-11-18-6-2-1-3-7-18/h1-4,6-9,11-14,16-17,25H,5,10,15H2,(H,27,30)(H,28,29)/b14-11+. The van der Waals surface area contributed by atoms with E-state index < -0.39 is 0 Å². The van der Waals surface area contributed by atoms with E-state index >= 15 is 0 Å². The zero-order chi connectivity index (χ0) is 21.8. The molecular weight excluding hydrogens is 402 g/mol. The molecule has 4 aromatic rings. The Balaban J connectivity index is 1.29. The smallest absolute Gasteiger partial charge is 0.253 e. The van der Waals surface area contributed by atoms with Crippen molar-refractivity contribution in [2.75, 3.05) is 11.9 Å². The molecule has 160 valence electrons. The molecule has 1 aliphatic rings. The molecule has 5 rings (SSSR count). The van der Waals surface area contributed by atoms with Crippen molar-refractivity contribution in [2.45, 2.75) is 18.9 Å². The molecule has 1 fully saturated rings. The van der Waals surface area contributed by atoms with Crippen LogP contribution in [0.4, 0.5) is 5.69 Å². The van der Waals surface area contributed by atoms with E-state index in [1.165, 1.54) is 0 Å². The van der Waals surface area contributed by atoms with Crippen molar-refractivity contribution in [2.24, 2.45) is 0 Å². The summed E-state index contributed by atoms with van der Waals surface area (Å²) in [6.07, 6.45) is 5.34. The van der Waals surface area contributed by atoms with Crippen molar-refractivity contribution >= 4 is 34.6 Å². The van der Waals surface area contributed by atoms with E-state index in [0.717, 1.165) is 35.0 Å². The quantitative estimate of drug-likeness (QED) is 0.419. The minimum atomic E-state index is -0.368. The van der Waals surface area contributed by atoms with Gasteiger partial charge in [-0.1, -0.05) is 42.5 Å². The van der Waals surface area contributed by atoms with Crippen LogP contribution >= 0.6 is 0 Å². The van der Waals surface area contributed by atoms with Gasteiger partial charge in [-0.05, 0) is 48.7 Å². The van der Waals surface area contributed by atoms with Crippen LogP contribution in [0, 0.1) is 0 Å². The molecule has 2 N–H and O–H groups in total. The third-order valence-corrected chi connectivity index (χ3v) is 5.36. The first-order valence-corrected chi connectivity index (χ1v) is 10.7. The predicted molar refractivity (Wildman–Crippen MR) is 126 cm³/mol. The van der Waals surface area contributed by atoms with Crippen LogP contribution < -0.4 is 10.1 Å².